The van der Waals surface area contributed by atoms with E-state index in [9.17, 15) is 9.50 Å². The number of nitrogens with zero attached hydrogens (tertiary/aromatic N) is 1. The van der Waals surface area contributed by atoms with Gasteiger partial charge >= 0.3 is 0 Å². The number of hydrogen-bond donors (Lipinski definition) is 1. The number of aliphatic hydroxyl groups excluding tert-OH is 1. The van der Waals surface area contributed by atoms with Gasteiger partial charge in [-0.2, -0.15) is 0 Å². The van der Waals surface area contributed by atoms with E-state index >= 15 is 0 Å². The van der Waals surface area contributed by atoms with E-state index in [1.54, 1.807) is 6.07 Å². The fraction of sp³-hybridized carbons (Fsp3) is 0.571. The number of fused-ring (bicyclic) bond motifs is 1. The lowest BCUT2D eigenvalue weighted by Gasteiger charge is -2.38. The molecule has 1 saturated heterocycles. The van der Waals surface area contributed by atoms with Crippen LogP contribution in [-0.2, 0) is 0 Å². The Morgan fingerprint density at radius 2 is 2.22 bits per heavy atom. The van der Waals surface area contributed by atoms with Crippen LogP contribution in [0.5, 0.6) is 5.75 Å². The molecule has 0 aromatic heterocycles. The van der Waals surface area contributed by atoms with E-state index in [0.29, 0.717) is 23.8 Å². The van der Waals surface area contributed by atoms with E-state index in [1.807, 2.05) is 0 Å². The zero-order chi connectivity index (χ0) is 12.9. The van der Waals surface area contributed by atoms with Crippen molar-refractivity contribution in [2.24, 2.45) is 0 Å². The van der Waals surface area contributed by atoms with Crippen LogP contribution in [0, 0.1) is 5.82 Å². The number of likely N-dealkylation sites (tertiary alicyclic amines) is 1. The molecule has 18 heavy (non-hydrogen) atoms. The van der Waals surface area contributed by atoms with Gasteiger partial charge in [-0.1, -0.05) is 0 Å². The lowest BCUT2D eigenvalue weighted by Crippen LogP contribution is -2.43. The van der Waals surface area contributed by atoms with Crippen molar-refractivity contribution in [3.63, 3.8) is 0 Å². The van der Waals surface area contributed by atoms with Crippen LogP contribution >= 0.6 is 0 Å². The fourth-order valence-electron chi connectivity index (χ4n) is 3.20. The Balaban J connectivity index is 1.95. The molecule has 0 aliphatic carbocycles. The number of ether oxygens (including phenoxy) is 1. The van der Waals surface area contributed by atoms with Gasteiger partial charge in [-0.25, -0.2) is 4.39 Å². The summed E-state index contributed by atoms with van der Waals surface area (Å²) < 4.78 is 19.3. The highest BCUT2D eigenvalue weighted by Gasteiger charge is 2.47. The SMILES string of the molecule is CC1CC2(CC(O)c3cc(F)ccc3O2)CN1C. The van der Waals surface area contributed by atoms with Crippen molar-refractivity contribution in [1.82, 2.24) is 4.90 Å². The third-order valence-corrected chi connectivity index (χ3v) is 4.18. The van der Waals surface area contributed by atoms with Crippen LogP contribution in [0.2, 0.25) is 0 Å². The zero-order valence-corrected chi connectivity index (χ0v) is 10.7. The highest BCUT2D eigenvalue weighted by molar-refractivity contribution is 5.39. The normalized spacial score (nSPS) is 35.6. The van der Waals surface area contributed by atoms with Crippen molar-refractivity contribution in [3.8, 4) is 5.75 Å². The van der Waals surface area contributed by atoms with Crippen LogP contribution in [0.15, 0.2) is 18.2 Å². The van der Waals surface area contributed by atoms with Gasteiger partial charge in [0, 0.05) is 31.0 Å². The van der Waals surface area contributed by atoms with Crippen molar-refractivity contribution in [3.05, 3.63) is 29.6 Å². The van der Waals surface area contributed by atoms with E-state index in [4.69, 9.17) is 4.74 Å². The lowest BCUT2D eigenvalue weighted by atomic mass is 9.87. The van der Waals surface area contributed by atoms with Gasteiger partial charge in [0.25, 0.3) is 0 Å². The van der Waals surface area contributed by atoms with Crippen molar-refractivity contribution in [2.75, 3.05) is 13.6 Å². The third kappa shape index (κ3) is 1.80. The topological polar surface area (TPSA) is 32.7 Å². The molecule has 98 valence electrons. The smallest absolute Gasteiger partial charge is 0.126 e. The second kappa shape index (κ2) is 3.93. The van der Waals surface area contributed by atoms with Crippen molar-refractivity contribution < 1.29 is 14.2 Å². The first kappa shape index (κ1) is 11.9. The largest absolute Gasteiger partial charge is 0.485 e. The Hall–Kier alpha value is -1.13. The summed E-state index contributed by atoms with van der Waals surface area (Å²) in [6, 6.07) is 4.82. The molecule has 0 bridgehead atoms. The fourth-order valence-corrected chi connectivity index (χ4v) is 3.20. The number of hydrogen-bond acceptors (Lipinski definition) is 3. The van der Waals surface area contributed by atoms with E-state index in [2.05, 4.69) is 18.9 Å². The maximum absolute atomic E-state index is 13.2. The van der Waals surface area contributed by atoms with Crippen LogP contribution in [-0.4, -0.2) is 35.2 Å². The maximum Gasteiger partial charge on any atom is 0.126 e. The van der Waals surface area contributed by atoms with Crippen LogP contribution in [0.4, 0.5) is 4.39 Å². The maximum atomic E-state index is 13.2. The monoisotopic (exact) mass is 251 g/mol. The van der Waals surface area contributed by atoms with Crippen LogP contribution in [0.1, 0.15) is 31.4 Å². The van der Waals surface area contributed by atoms with Gasteiger partial charge < -0.3 is 9.84 Å². The van der Waals surface area contributed by atoms with Crippen molar-refractivity contribution in [2.45, 2.75) is 37.5 Å². The molecule has 2 aliphatic rings. The predicted molar refractivity (Wildman–Crippen MR) is 66.0 cm³/mol. The van der Waals surface area contributed by atoms with E-state index < -0.39 is 6.10 Å². The molecule has 3 unspecified atom stereocenters. The summed E-state index contributed by atoms with van der Waals surface area (Å²) in [5.41, 5.74) is 0.251. The molecule has 2 aliphatic heterocycles. The number of likely N-dealkylation sites (N-methyl/N-ethyl adjacent to an activating group) is 1. The minimum atomic E-state index is -0.636. The Morgan fingerprint density at radius 1 is 1.44 bits per heavy atom. The lowest BCUT2D eigenvalue weighted by molar-refractivity contribution is -0.00633. The zero-order valence-electron chi connectivity index (χ0n) is 10.7. The van der Waals surface area contributed by atoms with Crippen LogP contribution < -0.4 is 4.74 Å². The minimum Gasteiger partial charge on any atom is -0.485 e. The average molecular weight is 251 g/mol. The molecule has 1 aromatic carbocycles. The second-order valence-corrected chi connectivity index (χ2v) is 5.66. The first-order chi connectivity index (χ1) is 8.49. The molecule has 0 amide bonds. The quantitative estimate of drug-likeness (QED) is 0.766. The minimum absolute atomic E-state index is 0.321. The number of rotatable bonds is 0. The predicted octanol–water partition coefficient (Wildman–Crippen LogP) is 2.10. The van der Waals surface area contributed by atoms with E-state index in [0.717, 1.165) is 13.0 Å². The van der Waals surface area contributed by atoms with Gasteiger partial charge in [-0.3, -0.25) is 4.90 Å². The van der Waals surface area contributed by atoms with E-state index in [1.165, 1.54) is 12.1 Å². The molecule has 3 rings (SSSR count). The van der Waals surface area contributed by atoms with Gasteiger partial charge in [-0.05, 0) is 32.2 Å². The molecule has 4 heteroatoms. The van der Waals surface area contributed by atoms with Crippen molar-refractivity contribution >= 4 is 0 Å². The number of halogens is 1. The molecular formula is C14H18FNO2. The standard InChI is InChI=1S/C14H18FNO2/c1-9-6-14(8-16(9)2)7-12(17)11-5-10(15)3-4-13(11)18-14/h3-5,9,12,17H,6-8H2,1-2H3. The molecule has 0 saturated carbocycles. The summed E-state index contributed by atoms with van der Waals surface area (Å²) in [5.74, 6) is 0.293. The summed E-state index contributed by atoms with van der Waals surface area (Å²) in [7, 11) is 2.06. The Bertz CT molecular complexity index is 467. The Labute approximate surface area is 106 Å². The highest BCUT2D eigenvalue weighted by Crippen LogP contribution is 2.44. The molecule has 2 heterocycles. The molecule has 3 nitrogen and oxygen atoms in total. The first-order valence-electron chi connectivity index (χ1n) is 6.36. The van der Waals surface area contributed by atoms with Gasteiger partial charge in [-0.15, -0.1) is 0 Å². The molecule has 3 atom stereocenters. The first-order valence-corrected chi connectivity index (χ1v) is 6.36. The number of benzene rings is 1. The van der Waals surface area contributed by atoms with Crippen LogP contribution in [0.3, 0.4) is 0 Å². The van der Waals surface area contributed by atoms with Gasteiger partial charge in [0.15, 0.2) is 0 Å². The summed E-state index contributed by atoms with van der Waals surface area (Å²) in [5, 5.41) is 10.2. The van der Waals surface area contributed by atoms with Gasteiger partial charge in [0.05, 0.1) is 6.10 Å². The van der Waals surface area contributed by atoms with Gasteiger partial charge in [0.2, 0.25) is 0 Å². The second-order valence-electron chi connectivity index (χ2n) is 5.66. The van der Waals surface area contributed by atoms with Crippen molar-refractivity contribution in [1.29, 1.82) is 0 Å². The van der Waals surface area contributed by atoms with Crippen LogP contribution in [0.25, 0.3) is 0 Å². The Morgan fingerprint density at radius 3 is 2.89 bits per heavy atom. The Kier molecular flexibility index (Phi) is 2.61. The molecule has 1 fully saturated rings. The highest BCUT2D eigenvalue weighted by atomic mass is 19.1. The molecule has 1 spiro atoms. The molecule has 0 radical (unpaired) electrons. The van der Waals surface area contributed by atoms with Gasteiger partial charge in [0.1, 0.15) is 17.2 Å². The third-order valence-electron chi connectivity index (χ3n) is 4.18. The molecular weight excluding hydrogens is 233 g/mol. The summed E-state index contributed by atoms with van der Waals surface area (Å²) in [6.45, 7) is 2.96. The van der Waals surface area contributed by atoms with E-state index in [-0.39, 0.29) is 11.4 Å². The molecule has 1 N–H and O–H groups in total. The number of aliphatic hydroxyl groups is 1. The molecule has 1 aromatic rings. The summed E-state index contributed by atoms with van der Waals surface area (Å²) in [4.78, 5) is 2.24. The summed E-state index contributed by atoms with van der Waals surface area (Å²) in [6.07, 6.45) is 0.804. The average Bonchev–Trinajstić information content (AvgIpc) is 2.55. The summed E-state index contributed by atoms with van der Waals surface area (Å²) >= 11 is 0.